The smallest absolute Gasteiger partial charge is 0.261 e. The van der Waals surface area contributed by atoms with E-state index >= 15 is 0 Å². The average Bonchev–Trinajstić information content (AvgIpc) is 2.75. The number of aromatic nitrogens is 2. The zero-order valence-corrected chi connectivity index (χ0v) is 14.4. The molecule has 2 aromatic heterocycles. The van der Waals surface area contributed by atoms with Crippen molar-refractivity contribution in [2.45, 2.75) is 39.8 Å². The van der Waals surface area contributed by atoms with Crippen molar-refractivity contribution in [2.75, 3.05) is 14.1 Å². The van der Waals surface area contributed by atoms with E-state index in [0.29, 0.717) is 33.0 Å². The van der Waals surface area contributed by atoms with Crippen molar-refractivity contribution in [3.63, 3.8) is 0 Å². The first kappa shape index (κ1) is 16.6. The van der Waals surface area contributed by atoms with Gasteiger partial charge in [-0.1, -0.05) is 6.92 Å². The van der Waals surface area contributed by atoms with E-state index in [1.165, 1.54) is 11.3 Å². The van der Waals surface area contributed by atoms with Gasteiger partial charge in [0.15, 0.2) is 0 Å². The Hall–Kier alpha value is -1.73. The maximum Gasteiger partial charge on any atom is 0.261 e. The molecule has 2 heterocycles. The minimum Gasteiger partial charge on any atom is -0.349 e. The van der Waals surface area contributed by atoms with Gasteiger partial charge < -0.3 is 15.2 Å². The summed E-state index contributed by atoms with van der Waals surface area (Å²) < 4.78 is 0. The minimum absolute atomic E-state index is 0.104. The van der Waals surface area contributed by atoms with Gasteiger partial charge in [-0.25, -0.2) is 4.98 Å². The Balaban J connectivity index is 2.46. The number of rotatable bonds is 5. The van der Waals surface area contributed by atoms with Gasteiger partial charge in [0.2, 0.25) is 0 Å². The molecule has 0 saturated heterocycles. The molecule has 0 aromatic carbocycles. The van der Waals surface area contributed by atoms with Crippen LogP contribution < -0.4 is 10.9 Å². The van der Waals surface area contributed by atoms with Gasteiger partial charge in [0, 0.05) is 6.04 Å². The predicted octanol–water partition coefficient (Wildman–Crippen LogP) is 1.88. The second-order valence-corrected chi connectivity index (χ2v) is 6.77. The summed E-state index contributed by atoms with van der Waals surface area (Å²) in [6.45, 7) is 6.33. The molecule has 0 bridgehead atoms. The number of carbonyl (C=O) groups is 1. The molecule has 1 amide bonds. The standard InChI is InChI=1S/C15H22N4O2S/c1-6-8(2)16-14(21)12-9(3)11-13(20)17-10(7-19(4)5)18-15(11)22-12/h8H,6-7H2,1-5H3,(H,16,21)(H,17,18,20). The normalized spacial score (nSPS) is 12.8. The highest BCUT2D eigenvalue weighted by atomic mass is 32.1. The molecule has 7 heteroatoms. The van der Waals surface area contributed by atoms with Gasteiger partial charge in [-0.15, -0.1) is 11.3 Å². The third-order valence-electron chi connectivity index (χ3n) is 3.51. The van der Waals surface area contributed by atoms with Crippen LogP contribution in [0.3, 0.4) is 0 Å². The van der Waals surface area contributed by atoms with E-state index in [1.807, 2.05) is 32.8 Å². The van der Waals surface area contributed by atoms with Crippen LogP contribution >= 0.6 is 11.3 Å². The number of H-pyrrole nitrogens is 1. The molecule has 0 fully saturated rings. The van der Waals surface area contributed by atoms with Crippen molar-refractivity contribution in [3.05, 3.63) is 26.6 Å². The molecular formula is C15H22N4O2S. The number of thiophene rings is 1. The van der Waals surface area contributed by atoms with Crippen LogP contribution in [0.25, 0.3) is 10.2 Å². The fraction of sp³-hybridized carbons (Fsp3) is 0.533. The lowest BCUT2D eigenvalue weighted by Crippen LogP contribution is -2.31. The summed E-state index contributed by atoms with van der Waals surface area (Å²) in [7, 11) is 3.82. The number of hydrogen-bond acceptors (Lipinski definition) is 5. The van der Waals surface area contributed by atoms with Crippen molar-refractivity contribution in [1.29, 1.82) is 0 Å². The monoisotopic (exact) mass is 322 g/mol. The molecule has 2 rings (SSSR count). The number of hydrogen-bond donors (Lipinski definition) is 2. The second-order valence-electron chi connectivity index (χ2n) is 5.77. The number of carbonyl (C=O) groups excluding carboxylic acids is 1. The van der Waals surface area contributed by atoms with Gasteiger partial charge in [0.25, 0.3) is 11.5 Å². The molecule has 6 nitrogen and oxygen atoms in total. The van der Waals surface area contributed by atoms with Crippen LogP contribution in [0.15, 0.2) is 4.79 Å². The maximum absolute atomic E-state index is 12.3. The molecule has 0 aliphatic rings. The summed E-state index contributed by atoms with van der Waals surface area (Å²) >= 11 is 1.28. The number of fused-ring (bicyclic) bond motifs is 1. The first-order valence-electron chi connectivity index (χ1n) is 7.31. The first-order valence-corrected chi connectivity index (χ1v) is 8.13. The molecule has 2 aromatic rings. The Kier molecular flexibility index (Phi) is 4.97. The molecular weight excluding hydrogens is 300 g/mol. The number of amides is 1. The van der Waals surface area contributed by atoms with Crippen molar-refractivity contribution in [3.8, 4) is 0 Å². The number of nitrogens with zero attached hydrogens (tertiary/aromatic N) is 2. The van der Waals surface area contributed by atoms with E-state index in [1.54, 1.807) is 6.92 Å². The Morgan fingerprint density at radius 3 is 2.73 bits per heavy atom. The number of aromatic amines is 1. The molecule has 1 atom stereocenters. The predicted molar refractivity (Wildman–Crippen MR) is 89.6 cm³/mol. The zero-order valence-electron chi connectivity index (χ0n) is 13.6. The lowest BCUT2D eigenvalue weighted by molar-refractivity contribution is 0.0943. The Morgan fingerprint density at radius 1 is 1.45 bits per heavy atom. The highest BCUT2D eigenvalue weighted by Crippen LogP contribution is 2.27. The van der Waals surface area contributed by atoms with Crippen LogP contribution in [0, 0.1) is 6.92 Å². The van der Waals surface area contributed by atoms with Crippen LogP contribution in [0.5, 0.6) is 0 Å². The van der Waals surface area contributed by atoms with E-state index in [-0.39, 0.29) is 17.5 Å². The fourth-order valence-electron chi connectivity index (χ4n) is 2.17. The fourth-order valence-corrected chi connectivity index (χ4v) is 3.27. The van der Waals surface area contributed by atoms with Gasteiger partial charge in [-0.05, 0) is 39.9 Å². The van der Waals surface area contributed by atoms with Gasteiger partial charge in [-0.2, -0.15) is 0 Å². The van der Waals surface area contributed by atoms with Gasteiger partial charge >= 0.3 is 0 Å². The van der Waals surface area contributed by atoms with Crippen LogP contribution in [-0.2, 0) is 6.54 Å². The molecule has 0 aliphatic heterocycles. The van der Waals surface area contributed by atoms with E-state index in [2.05, 4.69) is 15.3 Å². The van der Waals surface area contributed by atoms with E-state index in [0.717, 1.165) is 6.42 Å². The van der Waals surface area contributed by atoms with E-state index in [9.17, 15) is 9.59 Å². The van der Waals surface area contributed by atoms with Crippen LogP contribution in [0.1, 0.15) is 41.3 Å². The minimum atomic E-state index is -0.182. The third-order valence-corrected chi connectivity index (χ3v) is 4.70. The second kappa shape index (κ2) is 6.58. The van der Waals surface area contributed by atoms with Crippen LogP contribution in [0.2, 0.25) is 0 Å². The molecule has 0 radical (unpaired) electrons. The van der Waals surface area contributed by atoms with Gasteiger partial charge in [0.1, 0.15) is 10.7 Å². The van der Waals surface area contributed by atoms with Crippen LogP contribution in [0.4, 0.5) is 0 Å². The largest absolute Gasteiger partial charge is 0.349 e. The number of nitrogens with one attached hydrogen (secondary N) is 2. The molecule has 2 N–H and O–H groups in total. The van der Waals surface area contributed by atoms with Crippen molar-refractivity contribution in [2.24, 2.45) is 0 Å². The summed E-state index contributed by atoms with van der Waals surface area (Å²) in [6.07, 6.45) is 0.863. The maximum atomic E-state index is 12.3. The highest BCUT2D eigenvalue weighted by Gasteiger charge is 2.20. The zero-order chi connectivity index (χ0) is 16.4. The Morgan fingerprint density at radius 2 is 2.14 bits per heavy atom. The summed E-state index contributed by atoms with van der Waals surface area (Å²) in [5.41, 5.74) is 0.518. The van der Waals surface area contributed by atoms with Gasteiger partial charge in [-0.3, -0.25) is 9.59 Å². The molecule has 1 unspecified atom stereocenters. The van der Waals surface area contributed by atoms with Gasteiger partial charge in [0.05, 0.1) is 16.8 Å². The summed E-state index contributed by atoms with van der Waals surface area (Å²) in [5.74, 6) is 0.473. The SMILES string of the molecule is CCC(C)NC(=O)c1sc2nc(CN(C)C)[nH]c(=O)c2c1C. The van der Waals surface area contributed by atoms with Crippen molar-refractivity contribution >= 4 is 27.5 Å². The molecule has 22 heavy (non-hydrogen) atoms. The lowest BCUT2D eigenvalue weighted by Gasteiger charge is -2.10. The third kappa shape index (κ3) is 3.36. The summed E-state index contributed by atoms with van der Waals surface area (Å²) in [5, 5.41) is 3.45. The van der Waals surface area contributed by atoms with Crippen LogP contribution in [-0.4, -0.2) is 40.9 Å². The highest BCUT2D eigenvalue weighted by molar-refractivity contribution is 7.20. The Labute approximate surface area is 133 Å². The molecule has 120 valence electrons. The first-order chi connectivity index (χ1) is 10.3. The molecule has 0 aliphatic carbocycles. The van der Waals surface area contributed by atoms with E-state index < -0.39 is 0 Å². The molecule has 0 spiro atoms. The lowest BCUT2D eigenvalue weighted by atomic mass is 10.2. The number of aryl methyl sites for hydroxylation is 1. The quantitative estimate of drug-likeness (QED) is 0.881. The van der Waals surface area contributed by atoms with E-state index in [4.69, 9.17) is 0 Å². The topological polar surface area (TPSA) is 78.1 Å². The summed E-state index contributed by atoms with van der Waals surface area (Å²) in [4.78, 5) is 35.0. The van der Waals surface area contributed by atoms with Crippen molar-refractivity contribution in [1.82, 2.24) is 20.2 Å². The average molecular weight is 322 g/mol. The summed E-state index contributed by atoms with van der Waals surface area (Å²) in [6, 6.07) is 0.104. The van der Waals surface area contributed by atoms with Crippen molar-refractivity contribution < 1.29 is 4.79 Å². The Bertz CT molecular complexity index is 748. The molecule has 0 saturated carbocycles.